The number of ether oxygens (including phenoxy) is 1. The van der Waals surface area contributed by atoms with E-state index in [0.29, 0.717) is 36.0 Å². The summed E-state index contributed by atoms with van der Waals surface area (Å²) in [4.78, 5) is 8.87. The fourth-order valence-electron chi connectivity index (χ4n) is 4.58. The zero-order chi connectivity index (χ0) is 29.9. The maximum absolute atomic E-state index is 13.0. The van der Waals surface area contributed by atoms with Gasteiger partial charge in [0.05, 0.1) is 22.9 Å². The van der Waals surface area contributed by atoms with Crippen LogP contribution >= 0.6 is 12.4 Å². The summed E-state index contributed by atoms with van der Waals surface area (Å²) in [6.07, 6.45) is 0. The number of sulfonamides is 2. The van der Waals surface area contributed by atoms with E-state index >= 15 is 0 Å². The Morgan fingerprint density at radius 3 is 1.36 bits per heavy atom. The number of nitrogens with one attached hydrogen (secondary N) is 4. The number of hydrogen-bond acceptors (Lipinski definition) is 9. The Hall–Kier alpha value is -4.59. The van der Waals surface area contributed by atoms with Crippen molar-refractivity contribution in [3.8, 4) is 11.5 Å². The van der Waals surface area contributed by atoms with Crippen LogP contribution in [-0.4, -0.2) is 54.7 Å². The summed E-state index contributed by atoms with van der Waals surface area (Å²) >= 11 is 0. The predicted molar refractivity (Wildman–Crippen MR) is 174 cm³/mol. The van der Waals surface area contributed by atoms with Gasteiger partial charge in [-0.15, -0.1) is 12.4 Å². The molecule has 6 rings (SSSR count). The van der Waals surface area contributed by atoms with Gasteiger partial charge >= 0.3 is 0 Å². The molecular weight excluding hydrogens is 624 g/mol. The van der Waals surface area contributed by atoms with Gasteiger partial charge in [0.25, 0.3) is 20.0 Å². The van der Waals surface area contributed by atoms with Crippen LogP contribution in [0.1, 0.15) is 11.1 Å². The number of nitrogens with zero attached hydrogens (tertiary/aromatic N) is 2. The van der Waals surface area contributed by atoms with Crippen molar-refractivity contribution >= 4 is 55.5 Å². The van der Waals surface area contributed by atoms with Gasteiger partial charge in [-0.1, -0.05) is 24.3 Å². The van der Waals surface area contributed by atoms with E-state index in [1.165, 1.54) is 48.5 Å². The molecule has 2 aliphatic rings. The molecule has 2 heterocycles. The maximum atomic E-state index is 13.0. The summed E-state index contributed by atoms with van der Waals surface area (Å²) in [7, 11) is -7.70. The molecule has 0 fully saturated rings. The molecule has 44 heavy (non-hydrogen) atoms. The van der Waals surface area contributed by atoms with Gasteiger partial charge in [-0.25, -0.2) is 16.8 Å². The molecule has 4 aromatic rings. The van der Waals surface area contributed by atoms with Crippen molar-refractivity contribution in [1.82, 2.24) is 10.6 Å². The van der Waals surface area contributed by atoms with Crippen LogP contribution in [0.3, 0.4) is 0 Å². The van der Waals surface area contributed by atoms with Gasteiger partial charge in [0.1, 0.15) is 23.2 Å². The Morgan fingerprint density at radius 2 is 1.00 bits per heavy atom. The molecule has 4 aromatic carbocycles. The highest BCUT2D eigenvalue weighted by molar-refractivity contribution is 7.93. The van der Waals surface area contributed by atoms with Crippen LogP contribution in [0, 0.1) is 0 Å². The second-order valence-corrected chi connectivity index (χ2v) is 13.1. The Labute approximate surface area is 262 Å². The summed E-state index contributed by atoms with van der Waals surface area (Å²) in [6, 6.07) is 25.9. The monoisotopic (exact) mass is 652 g/mol. The van der Waals surface area contributed by atoms with Gasteiger partial charge in [0.15, 0.2) is 0 Å². The van der Waals surface area contributed by atoms with Crippen molar-refractivity contribution in [2.75, 3.05) is 35.6 Å². The maximum Gasteiger partial charge on any atom is 0.261 e. The van der Waals surface area contributed by atoms with Crippen LogP contribution in [0.15, 0.2) is 117 Å². The highest BCUT2D eigenvalue weighted by Crippen LogP contribution is 2.26. The topological polar surface area (TPSA) is 150 Å². The summed E-state index contributed by atoms with van der Waals surface area (Å²) in [5.41, 5.74) is 2.45. The second-order valence-electron chi connectivity index (χ2n) is 9.73. The van der Waals surface area contributed by atoms with Crippen molar-refractivity contribution in [3.63, 3.8) is 0 Å². The standard InChI is InChI=1S/C30H28N6O5S2.ClH/c37-42(38,35-23-5-1-3-21(19-23)29-31-15-16-32-29)27-11-7-25(8-12-27)41-26-9-13-28(14-10-26)43(39,40)36-24-6-2-4-22(20-24)30-33-17-18-34-30;/h1-14,19-20,35-36H,15-18H2,(H,31,32)(H,33,34);1H. The molecule has 0 radical (unpaired) electrons. The minimum atomic E-state index is -3.85. The molecule has 14 heteroatoms. The molecule has 0 aliphatic carbocycles. The lowest BCUT2D eigenvalue weighted by Gasteiger charge is -2.12. The molecule has 0 saturated carbocycles. The van der Waals surface area contributed by atoms with Crippen LogP contribution in [0.25, 0.3) is 0 Å². The molecule has 0 unspecified atom stereocenters. The Balaban J connectivity index is 0.00000384. The zero-order valence-corrected chi connectivity index (χ0v) is 25.7. The number of rotatable bonds is 10. The molecular formula is C30H29ClN6O5S2. The number of aliphatic imine (C=N–C) groups is 2. The van der Waals surface area contributed by atoms with Gasteiger partial charge < -0.3 is 15.4 Å². The van der Waals surface area contributed by atoms with Crippen LogP contribution in [0.4, 0.5) is 11.4 Å². The van der Waals surface area contributed by atoms with E-state index in [2.05, 4.69) is 30.1 Å². The van der Waals surface area contributed by atoms with E-state index in [1.807, 2.05) is 12.1 Å². The van der Waals surface area contributed by atoms with Crippen LogP contribution < -0.4 is 24.8 Å². The quantitative estimate of drug-likeness (QED) is 0.201. The summed E-state index contributed by atoms with van der Waals surface area (Å²) in [5.74, 6) is 2.25. The first-order valence-corrected chi connectivity index (χ1v) is 16.4. The molecule has 228 valence electrons. The molecule has 0 aromatic heterocycles. The first-order chi connectivity index (χ1) is 20.7. The van der Waals surface area contributed by atoms with Crippen molar-refractivity contribution in [2.45, 2.75) is 9.79 Å². The molecule has 0 atom stereocenters. The Bertz CT molecular complexity index is 1790. The first-order valence-electron chi connectivity index (χ1n) is 13.5. The minimum absolute atomic E-state index is 0. The Morgan fingerprint density at radius 1 is 0.591 bits per heavy atom. The molecule has 0 bridgehead atoms. The number of anilines is 2. The van der Waals surface area contributed by atoms with Gasteiger partial charge in [0, 0.05) is 35.6 Å². The first kappa shape index (κ1) is 30.9. The third kappa shape index (κ3) is 7.13. The summed E-state index contributed by atoms with van der Waals surface area (Å²) < 4.78 is 63.0. The largest absolute Gasteiger partial charge is 0.457 e. The third-order valence-corrected chi connectivity index (χ3v) is 9.42. The molecule has 0 amide bonds. The fourth-order valence-corrected chi connectivity index (χ4v) is 6.68. The molecule has 0 spiro atoms. The average Bonchev–Trinajstić information content (AvgIpc) is 3.73. The lowest BCUT2D eigenvalue weighted by molar-refractivity contribution is 0.481. The van der Waals surface area contributed by atoms with Crippen molar-refractivity contribution in [3.05, 3.63) is 108 Å². The molecule has 2 aliphatic heterocycles. The smallest absolute Gasteiger partial charge is 0.261 e. The lowest BCUT2D eigenvalue weighted by Crippen LogP contribution is -2.20. The number of amidine groups is 2. The number of halogens is 1. The Kier molecular flexibility index (Phi) is 9.09. The van der Waals surface area contributed by atoms with Gasteiger partial charge in [-0.05, 0) is 72.8 Å². The van der Waals surface area contributed by atoms with Crippen LogP contribution in [0.2, 0.25) is 0 Å². The van der Waals surface area contributed by atoms with E-state index in [9.17, 15) is 16.8 Å². The third-order valence-electron chi connectivity index (χ3n) is 6.63. The van der Waals surface area contributed by atoms with Gasteiger partial charge in [0.2, 0.25) is 0 Å². The minimum Gasteiger partial charge on any atom is -0.457 e. The fraction of sp³-hybridized carbons (Fsp3) is 0.133. The summed E-state index contributed by atoms with van der Waals surface area (Å²) in [6.45, 7) is 2.88. The SMILES string of the molecule is Cl.O=S(=O)(Nc1cccc(C2=NCCN2)c1)c1ccc(Oc2ccc(S(=O)(=O)Nc3cccc(C4=NCCN4)c3)cc2)cc1. The zero-order valence-electron chi connectivity index (χ0n) is 23.2. The highest BCUT2D eigenvalue weighted by Gasteiger charge is 2.18. The lowest BCUT2D eigenvalue weighted by atomic mass is 10.2. The van der Waals surface area contributed by atoms with Gasteiger partial charge in [-0.3, -0.25) is 19.4 Å². The average molecular weight is 653 g/mol. The molecule has 4 N–H and O–H groups in total. The predicted octanol–water partition coefficient (Wildman–Crippen LogP) is 4.20. The van der Waals surface area contributed by atoms with Crippen molar-refractivity contribution in [2.24, 2.45) is 9.98 Å². The normalized spacial score (nSPS) is 14.4. The molecule has 0 saturated heterocycles. The van der Waals surface area contributed by atoms with Crippen molar-refractivity contribution in [1.29, 1.82) is 0 Å². The van der Waals surface area contributed by atoms with Gasteiger partial charge in [-0.2, -0.15) is 0 Å². The van der Waals surface area contributed by atoms with Crippen molar-refractivity contribution < 1.29 is 21.6 Å². The van der Waals surface area contributed by atoms with E-state index in [-0.39, 0.29) is 22.2 Å². The van der Waals surface area contributed by atoms with E-state index in [0.717, 1.165) is 35.9 Å². The second kappa shape index (κ2) is 13.0. The summed E-state index contributed by atoms with van der Waals surface area (Å²) in [5, 5.41) is 6.34. The number of hydrogen-bond donors (Lipinski definition) is 4. The van der Waals surface area contributed by atoms with E-state index in [1.54, 1.807) is 36.4 Å². The highest BCUT2D eigenvalue weighted by atomic mass is 35.5. The number of benzene rings is 4. The van der Waals surface area contributed by atoms with E-state index in [4.69, 9.17) is 4.74 Å². The van der Waals surface area contributed by atoms with Crippen LogP contribution in [-0.2, 0) is 20.0 Å². The van der Waals surface area contributed by atoms with E-state index < -0.39 is 20.0 Å². The molecule has 11 nitrogen and oxygen atoms in total. The van der Waals surface area contributed by atoms with Crippen LogP contribution in [0.5, 0.6) is 11.5 Å².